The van der Waals surface area contributed by atoms with Crippen LogP contribution in [0.2, 0.25) is 0 Å². The molecule has 0 atom stereocenters. The number of methoxy groups -OCH3 is 2. The van der Waals surface area contributed by atoms with Gasteiger partial charge in [-0.1, -0.05) is 54.6 Å². The lowest BCUT2D eigenvalue weighted by Gasteiger charge is -2.12. The first-order valence-electron chi connectivity index (χ1n) is 11.2. The molecule has 0 unspecified atom stereocenters. The van der Waals surface area contributed by atoms with Crippen molar-refractivity contribution in [1.82, 2.24) is 19.5 Å². The predicted octanol–water partition coefficient (Wildman–Crippen LogP) is 5.49. The molecule has 176 valence electrons. The molecule has 0 aliphatic carbocycles. The number of nitrogen functional groups attached to an aromatic ring is 1. The maximum absolute atomic E-state index is 6.13. The van der Waals surface area contributed by atoms with E-state index in [9.17, 15) is 0 Å². The van der Waals surface area contributed by atoms with E-state index >= 15 is 0 Å². The number of rotatable bonds is 8. The van der Waals surface area contributed by atoms with Gasteiger partial charge in [0.15, 0.2) is 22.1 Å². The largest absolute Gasteiger partial charge is 0.497 e. The van der Waals surface area contributed by atoms with E-state index in [2.05, 4.69) is 63.1 Å². The molecule has 0 amide bonds. The molecule has 8 heteroatoms. The minimum absolute atomic E-state index is 0.362. The highest BCUT2D eigenvalue weighted by Gasteiger charge is 2.18. The van der Waals surface area contributed by atoms with Gasteiger partial charge < -0.3 is 19.8 Å². The average Bonchev–Trinajstić information content (AvgIpc) is 3.26. The van der Waals surface area contributed by atoms with Gasteiger partial charge in [0.2, 0.25) is 0 Å². The van der Waals surface area contributed by atoms with Crippen molar-refractivity contribution >= 4 is 28.7 Å². The molecule has 0 radical (unpaired) electrons. The summed E-state index contributed by atoms with van der Waals surface area (Å²) in [6.07, 6.45) is 2.29. The maximum Gasteiger partial charge on any atom is 0.175 e. The topological polar surface area (TPSA) is 88.1 Å². The van der Waals surface area contributed by atoms with Gasteiger partial charge in [0, 0.05) is 6.54 Å². The highest BCUT2D eigenvalue weighted by atomic mass is 32.2. The fourth-order valence-corrected chi connectivity index (χ4v) is 4.96. The SMILES string of the molecule is COc1ccc(OC)c(Sc2nc3c(N)ncnc3n2CCc2ccc(-c3ccccc3)cc2)c1. The van der Waals surface area contributed by atoms with Crippen molar-refractivity contribution in [2.24, 2.45) is 0 Å². The Morgan fingerprint density at radius 3 is 2.40 bits per heavy atom. The van der Waals surface area contributed by atoms with Crippen LogP contribution < -0.4 is 15.2 Å². The van der Waals surface area contributed by atoms with Gasteiger partial charge in [0.1, 0.15) is 17.8 Å². The zero-order chi connectivity index (χ0) is 24.2. The summed E-state index contributed by atoms with van der Waals surface area (Å²) >= 11 is 1.49. The van der Waals surface area contributed by atoms with Crippen molar-refractivity contribution in [2.75, 3.05) is 20.0 Å². The Kier molecular flexibility index (Phi) is 6.54. The third-order valence-electron chi connectivity index (χ3n) is 5.78. The summed E-state index contributed by atoms with van der Waals surface area (Å²) in [5.74, 6) is 1.85. The first kappa shape index (κ1) is 22.7. The molecule has 5 aromatic rings. The first-order chi connectivity index (χ1) is 17.2. The van der Waals surface area contributed by atoms with Crippen molar-refractivity contribution in [3.8, 4) is 22.6 Å². The van der Waals surface area contributed by atoms with Crippen LogP contribution in [0.15, 0.2) is 89.2 Å². The molecular weight excluding hydrogens is 458 g/mol. The van der Waals surface area contributed by atoms with Crippen LogP contribution >= 0.6 is 11.8 Å². The molecule has 0 spiro atoms. The Morgan fingerprint density at radius 1 is 0.886 bits per heavy atom. The van der Waals surface area contributed by atoms with Crippen LogP contribution in [0.1, 0.15) is 5.56 Å². The number of nitrogens with zero attached hydrogens (tertiary/aromatic N) is 4. The van der Waals surface area contributed by atoms with E-state index in [0.29, 0.717) is 23.5 Å². The number of anilines is 1. The first-order valence-corrected chi connectivity index (χ1v) is 12.0. The molecule has 5 rings (SSSR count). The third kappa shape index (κ3) is 4.79. The third-order valence-corrected chi connectivity index (χ3v) is 6.82. The second kappa shape index (κ2) is 10.1. The van der Waals surface area contributed by atoms with Crippen LogP contribution in [0.4, 0.5) is 5.82 Å². The Balaban J connectivity index is 1.45. The van der Waals surface area contributed by atoms with Gasteiger partial charge in [0.25, 0.3) is 0 Å². The normalized spacial score (nSPS) is 11.0. The highest BCUT2D eigenvalue weighted by molar-refractivity contribution is 7.99. The number of fused-ring (bicyclic) bond motifs is 1. The van der Waals surface area contributed by atoms with Crippen LogP contribution in [-0.2, 0) is 13.0 Å². The molecule has 3 aromatic carbocycles. The van der Waals surface area contributed by atoms with Gasteiger partial charge >= 0.3 is 0 Å². The minimum atomic E-state index is 0.362. The summed E-state index contributed by atoms with van der Waals surface area (Å²) in [7, 11) is 3.29. The molecule has 2 aromatic heterocycles. The van der Waals surface area contributed by atoms with E-state index in [0.717, 1.165) is 28.0 Å². The molecule has 2 N–H and O–H groups in total. The van der Waals surface area contributed by atoms with E-state index in [4.69, 9.17) is 20.2 Å². The zero-order valence-electron chi connectivity index (χ0n) is 19.5. The van der Waals surface area contributed by atoms with Gasteiger partial charge in [-0.2, -0.15) is 0 Å². The summed E-state index contributed by atoms with van der Waals surface area (Å²) in [5.41, 5.74) is 11.1. The van der Waals surface area contributed by atoms with Gasteiger partial charge in [-0.3, -0.25) is 0 Å². The zero-order valence-corrected chi connectivity index (χ0v) is 20.3. The van der Waals surface area contributed by atoms with Crippen LogP contribution in [0.25, 0.3) is 22.3 Å². The summed E-state index contributed by atoms with van der Waals surface area (Å²) in [6, 6.07) is 24.7. The quantitative estimate of drug-likeness (QED) is 0.312. The van der Waals surface area contributed by atoms with Crippen molar-refractivity contribution in [2.45, 2.75) is 23.0 Å². The number of benzene rings is 3. The van der Waals surface area contributed by atoms with E-state index in [1.165, 1.54) is 34.8 Å². The smallest absolute Gasteiger partial charge is 0.175 e. The van der Waals surface area contributed by atoms with E-state index < -0.39 is 0 Å². The lowest BCUT2D eigenvalue weighted by atomic mass is 10.0. The average molecular weight is 484 g/mol. The standard InChI is InChI=1S/C27H25N5O2S/c1-33-21-12-13-22(34-2)23(16-21)35-27-31-24-25(28)29-17-30-26(24)32(27)15-14-18-8-10-20(11-9-18)19-6-4-3-5-7-19/h3-13,16-17H,14-15H2,1-2H3,(H2,28,29,30). The minimum Gasteiger partial charge on any atom is -0.497 e. The lowest BCUT2D eigenvalue weighted by Crippen LogP contribution is -2.04. The summed E-state index contributed by atoms with van der Waals surface area (Å²) < 4.78 is 13.1. The number of aromatic nitrogens is 4. The second-order valence-corrected chi connectivity index (χ2v) is 8.92. The summed E-state index contributed by atoms with van der Waals surface area (Å²) in [5, 5.41) is 0.764. The number of nitrogens with two attached hydrogens (primary N) is 1. The van der Waals surface area contributed by atoms with Gasteiger partial charge in [-0.15, -0.1) is 0 Å². The highest BCUT2D eigenvalue weighted by Crippen LogP contribution is 2.38. The predicted molar refractivity (Wildman–Crippen MR) is 139 cm³/mol. The molecule has 0 saturated carbocycles. The fraction of sp³-hybridized carbons (Fsp3) is 0.148. The monoisotopic (exact) mass is 483 g/mol. The van der Waals surface area contributed by atoms with Crippen molar-refractivity contribution in [1.29, 1.82) is 0 Å². The summed E-state index contributed by atoms with van der Waals surface area (Å²) in [6.45, 7) is 0.687. The number of hydrogen-bond donors (Lipinski definition) is 1. The van der Waals surface area contributed by atoms with Gasteiger partial charge in [0.05, 0.1) is 19.1 Å². The van der Waals surface area contributed by atoms with Gasteiger partial charge in [-0.25, -0.2) is 15.0 Å². The van der Waals surface area contributed by atoms with E-state index in [1.807, 2.05) is 24.3 Å². The molecule has 0 aliphatic heterocycles. The Labute approximate surface area is 208 Å². The molecule has 0 aliphatic rings. The summed E-state index contributed by atoms with van der Waals surface area (Å²) in [4.78, 5) is 14.3. The Bertz CT molecular complexity index is 1450. The Morgan fingerprint density at radius 2 is 1.66 bits per heavy atom. The second-order valence-electron chi connectivity index (χ2n) is 7.91. The van der Waals surface area contributed by atoms with Crippen molar-refractivity contribution in [3.05, 3.63) is 84.7 Å². The molecular formula is C27H25N5O2S. The van der Waals surface area contributed by atoms with Crippen molar-refractivity contribution < 1.29 is 9.47 Å². The number of ether oxygens (including phenoxy) is 2. The maximum atomic E-state index is 6.13. The lowest BCUT2D eigenvalue weighted by molar-refractivity contribution is 0.394. The van der Waals surface area contributed by atoms with E-state index in [1.54, 1.807) is 14.2 Å². The van der Waals surface area contributed by atoms with Crippen LogP contribution in [0.3, 0.4) is 0 Å². The number of imidazole rings is 1. The van der Waals surface area contributed by atoms with Crippen LogP contribution in [0.5, 0.6) is 11.5 Å². The molecule has 35 heavy (non-hydrogen) atoms. The van der Waals surface area contributed by atoms with E-state index in [-0.39, 0.29) is 0 Å². The molecule has 0 bridgehead atoms. The molecule has 0 saturated heterocycles. The van der Waals surface area contributed by atoms with Crippen LogP contribution in [-0.4, -0.2) is 33.7 Å². The van der Waals surface area contributed by atoms with Crippen molar-refractivity contribution in [3.63, 3.8) is 0 Å². The molecule has 7 nitrogen and oxygen atoms in total. The number of hydrogen-bond acceptors (Lipinski definition) is 7. The van der Waals surface area contributed by atoms with Crippen LogP contribution in [0, 0.1) is 0 Å². The van der Waals surface area contributed by atoms with Gasteiger partial charge in [-0.05, 0) is 53.1 Å². The molecule has 2 heterocycles. The number of aryl methyl sites for hydroxylation is 2. The fourth-order valence-electron chi connectivity index (χ4n) is 3.91. The molecule has 0 fully saturated rings. The Hall–Kier alpha value is -4.04.